The van der Waals surface area contributed by atoms with Crippen LogP contribution < -0.4 is 5.73 Å². The smallest absolute Gasteiger partial charge is 0.242 e. The first-order valence-corrected chi connectivity index (χ1v) is 9.19. The number of para-hydroxylation sites is 2. The number of carbonyl (C=O) groups is 1. The molecule has 0 radical (unpaired) electrons. The number of amides is 1. The van der Waals surface area contributed by atoms with E-state index in [0.29, 0.717) is 19.6 Å². The van der Waals surface area contributed by atoms with Gasteiger partial charge in [-0.1, -0.05) is 49.4 Å². The lowest BCUT2D eigenvalue weighted by molar-refractivity contribution is -0.130. The fraction of sp³-hybridized carbons (Fsp3) is 0.333. The molecule has 134 valence electrons. The predicted octanol–water partition coefficient (Wildman–Crippen LogP) is 2.55. The number of carbonyl (C=O) groups excluding carboxylic acids is 1. The van der Waals surface area contributed by atoms with Gasteiger partial charge < -0.3 is 15.2 Å². The van der Waals surface area contributed by atoms with Crippen LogP contribution in [0.5, 0.6) is 0 Å². The second-order valence-corrected chi connectivity index (χ2v) is 6.94. The van der Waals surface area contributed by atoms with Crippen LogP contribution in [-0.2, 0) is 17.8 Å². The van der Waals surface area contributed by atoms with Crippen LogP contribution >= 0.6 is 0 Å². The first kappa shape index (κ1) is 16.8. The van der Waals surface area contributed by atoms with Gasteiger partial charge in [0.2, 0.25) is 5.91 Å². The molecule has 1 aliphatic heterocycles. The third-order valence-corrected chi connectivity index (χ3v) is 5.29. The van der Waals surface area contributed by atoms with Gasteiger partial charge in [0.15, 0.2) is 0 Å². The third kappa shape index (κ3) is 2.99. The first-order valence-electron chi connectivity index (χ1n) is 9.19. The Labute approximate surface area is 153 Å². The Morgan fingerprint density at radius 2 is 1.85 bits per heavy atom. The molecule has 5 nitrogen and oxygen atoms in total. The molecule has 26 heavy (non-hydrogen) atoms. The molecule has 2 aromatic carbocycles. The lowest BCUT2D eigenvalue weighted by Crippen LogP contribution is -2.34. The maximum Gasteiger partial charge on any atom is 0.242 e. The highest BCUT2D eigenvalue weighted by molar-refractivity contribution is 5.81. The highest BCUT2D eigenvalue weighted by atomic mass is 16.2. The summed E-state index contributed by atoms with van der Waals surface area (Å²) in [6.07, 6.45) is 0.800. The molecular formula is C21H24N4O. The molecule has 2 N–H and O–H groups in total. The standard InChI is InChI=1S/C21H24N4O/c1-2-20-23-18-10-6-7-11-19(18)25(20)14-21(26)24-12-16(17(22)13-24)15-8-4-3-5-9-15/h3-11,16-17H,2,12-14,22H2,1H3/t16-,17+/m0/s1. The first-order chi connectivity index (χ1) is 12.7. The second kappa shape index (κ2) is 6.92. The van der Waals surface area contributed by atoms with Crippen molar-refractivity contribution in [3.05, 3.63) is 66.0 Å². The van der Waals surface area contributed by atoms with E-state index >= 15 is 0 Å². The highest BCUT2D eigenvalue weighted by Crippen LogP contribution is 2.27. The summed E-state index contributed by atoms with van der Waals surface area (Å²) in [6, 6.07) is 18.2. The Bertz CT molecular complexity index is 918. The van der Waals surface area contributed by atoms with Crippen molar-refractivity contribution < 1.29 is 4.79 Å². The lowest BCUT2D eigenvalue weighted by Gasteiger charge is -2.18. The van der Waals surface area contributed by atoms with E-state index in [9.17, 15) is 4.79 Å². The van der Waals surface area contributed by atoms with Gasteiger partial charge in [0.25, 0.3) is 0 Å². The van der Waals surface area contributed by atoms with Crippen LogP contribution in [0.4, 0.5) is 0 Å². The minimum Gasteiger partial charge on any atom is -0.339 e. The van der Waals surface area contributed by atoms with E-state index in [1.165, 1.54) is 5.56 Å². The number of aromatic nitrogens is 2. The van der Waals surface area contributed by atoms with Crippen molar-refractivity contribution in [1.82, 2.24) is 14.5 Å². The normalized spacial score (nSPS) is 20.0. The average molecular weight is 348 g/mol. The number of benzene rings is 2. The van der Waals surface area contributed by atoms with Crippen molar-refractivity contribution in [1.29, 1.82) is 0 Å². The molecule has 2 heterocycles. The summed E-state index contributed by atoms with van der Waals surface area (Å²) in [5, 5.41) is 0. The van der Waals surface area contributed by atoms with Gasteiger partial charge >= 0.3 is 0 Å². The third-order valence-electron chi connectivity index (χ3n) is 5.29. The molecule has 0 aliphatic carbocycles. The minimum atomic E-state index is -0.0217. The predicted molar refractivity (Wildman–Crippen MR) is 103 cm³/mol. The second-order valence-electron chi connectivity index (χ2n) is 6.94. The number of hydrogen-bond acceptors (Lipinski definition) is 3. The van der Waals surface area contributed by atoms with E-state index in [4.69, 9.17) is 5.73 Å². The molecule has 0 saturated carbocycles. The molecule has 0 spiro atoms. The minimum absolute atomic E-state index is 0.0217. The molecular weight excluding hydrogens is 324 g/mol. The zero-order valence-corrected chi connectivity index (χ0v) is 15.0. The van der Waals surface area contributed by atoms with Crippen molar-refractivity contribution in [2.75, 3.05) is 13.1 Å². The molecule has 1 aliphatic rings. The van der Waals surface area contributed by atoms with Crippen molar-refractivity contribution in [3.63, 3.8) is 0 Å². The van der Waals surface area contributed by atoms with Crippen LogP contribution in [0.1, 0.15) is 24.2 Å². The molecule has 1 amide bonds. The van der Waals surface area contributed by atoms with Crippen LogP contribution in [0.25, 0.3) is 11.0 Å². The summed E-state index contributed by atoms with van der Waals surface area (Å²) in [6.45, 7) is 3.67. The lowest BCUT2D eigenvalue weighted by atomic mass is 9.95. The Morgan fingerprint density at radius 1 is 1.12 bits per heavy atom. The number of imidazole rings is 1. The molecule has 2 atom stereocenters. The van der Waals surface area contributed by atoms with E-state index in [1.54, 1.807) is 0 Å². The van der Waals surface area contributed by atoms with E-state index in [0.717, 1.165) is 23.3 Å². The summed E-state index contributed by atoms with van der Waals surface area (Å²) < 4.78 is 2.04. The van der Waals surface area contributed by atoms with Gasteiger partial charge in [-0.15, -0.1) is 0 Å². The monoisotopic (exact) mass is 348 g/mol. The molecule has 0 bridgehead atoms. The fourth-order valence-electron chi connectivity index (χ4n) is 3.89. The number of nitrogens with zero attached hydrogens (tertiary/aromatic N) is 3. The van der Waals surface area contributed by atoms with Crippen molar-refractivity contribution in [2.24, 2.45) is 5.73 Å². The molecule has 5 heteroatoms. The quantitative estimate of drug-likeness (QED) is 0.788. The summed E-state index contributed by atoms with van der Waals surface area (Å²) in [5.41, 5.74) is 9.51. The summed E-state index contributed by atoms with van der Waals surface area (Å²) >= 11 is 0. The number of likely N-dealkylation sites (tertiary alicyclic amines) is 1. The molecule has 0 unspecified atom stereocenters. The Kier molecular flexibility index (Phi) is 4.47. The number of fused-ring (bicyclic) bond motifs is 1. The van der Waals surface area contributed by atoms with Crippen LogP contribution in [0, 0.1) is 0 Å². The van der Waals surface area contributed by atoms with E-state index in [1.807, 2.05) is 51.9 Å². The van der Waals surface area contributed by atoms with Crippen molar-refractivity contribution in [2.45, 2.75) is 31.8 Å². The Hall–Kier alpha value is -2.66. The van der Waals surface area contributed by atoms with Gasteiger partial charge in [0, 0.05) is 31.5 Å². The van der Waals surface area contributed by atoms with Gasteiger partial charge in [0.1, 0.15) is 12.4 Å². The fourth-order valence-corrected chi connectivity index (χ4v) is 3.89. The zero-order valence-electron chi connectivity index (χ0n) is 15.0. The van der Waals surface area contributed by atoms with Crippen molar-refractivity contribution in [3.8, 4) is 0 Å². The van der Waals surface area contributed by atoms with E-state index < -0.39 is 0 Å². The number of hydrogen-bond donors (Lipinski definition) is 1. The largest absolute Gasteiger partial charge is 0.339 e. The van der Waals surface area contributed by atoms with Gasteiger partial charge in [0.05, 0.1) is 11.0 Å². The molecule has 1 aromatic heterocycles. The van der Waals surface area contributed by atoms with E-state index in [-0.39, 0.29) is 17.9 Å². The zero-order chi connectivity index (χ0) is 18.1. The van der Waals surface area contributed by atoms with Gasteiger partial charge in [-0.2, -0.15) is 0 Å². The Balaban J connectivity index is 1.54. The van der Waals surface area contributed by atoms with Crippen LogP contribution in [0.15, 0.2) is 54.6 Å². The van der Waals surface area contributed by atoms with Crippen molar-refractivity contribution >= 4 is 16.9 Å². The summed E-state index contributed by atoms with van der Waals surface area (Å²) in [7, 11) is 0. The maximum atomic E-state index is 13.0. The summed E-state index contributed by atoms with van der Waals surface area (Å²) in [4.78, 5) is 19.5. The topological polar surface area (TPSA) is 64.2 Å². The van der Waals surface area contributed by atoms with Gasteiger partial charge in [-0.05, 0) is 17.7 Å². The van der Waals surface area contributed by atoms with Crippen LogP contribution in [0.3, 0.4) is 0 Å². The molecule has 1 fully saturated rings. The number of rotatable bonds is 4. The average Bonchev–Trinajstić information content (AvgIpc) is 3.23. The SMILES string of the molecule is CCc1nc2ccccc2n1CC(=O)N1C[C@@H](N)[C@H](c2ccccc2)C1. The van der Waals surface area contributed by atoms with Crippen LogP contribution in [-0.4, -0.2) is 39.5 Å². The Morgan fingerprint density at radius 3 is 2.62 bits per heavy atom. The summed E-state index contributed by atoms with van der Waals surface area (Å²) in [5.74, 6) is 1.25. The number of aryl methyl sites for hydroxylation is 1. The van der Waals surface area contributed by atoms with Gasteiger partial charge in [-0.3, -0.25) is 4.79 Å². The molecule has 1 saturated heterocycles. The molecule has 4 rings (SSSR count). The number of nitrogens with two attached hydrogens (primary N) is 1. The maximum absolute atomic E-state index is 13.0. The van der Waals surface area contributed by atoms with Gasteiger partial charge in [-0.25, -0.2) is 4.98 Å². The molecule has 3 aromatic rings. The highest BCUT2D eigenvalue weighted by Gasteiger charge is 2.34. The van der Waals surface area contributed by atoms with Crippen LogP contribution in [0.2, 0.25) is 0 Å². The van der Waals surface area contributed by atoms with E-state index in [2.05, 4.69) is 24.0 Å².